The number of benzene rings is 2. The predicted octanol–water partition coefficient (Wildman–Crippen LogP) is 5.20. The molecule has 0 aliphatic rings. The van der Waals surface area contributed by atoms with E-state index in [0.717, 1.165) is 11.4 Å². The topological polar surface area (TPSA) is 76.9 Å². The number of nitrogens with one attached hydrogen (secondary N) is 1. The van der Waals surface area contributed by atoms with Crippen molar-refractivity contribution >= 4 is 29.1 Å². The minimum atomic E-state index is -0.160. The number of rotatable bonds is 7. The Hall–Kier alpha value is -2.93. The van der Waals surface area contributed by atoms with Gasteiger partial charge in [0.15, 0.2) is 16.8 Å². The second-order valence-corrected chi connectivity index (χ2v) is 9.29. The average molecular weight is 437 g/mol. The zero-order valence-corrected chi connectivity index (χ0v) is 19.4. The lowest BCUT2D eigenvalue weighted by Crippen LogP contribution is -2.15. The van der Waals surface area contributed by atoms with E-state index >= 15 is 0 Å². The summed E-state index contributed by atoms with van der Waals surface area (Å²) in [6, 6.07) is 15.3. The highest BCUT2D eigenvalue weighted by molar-refractivity contribution is 7.99. The van der Waals surface area contributed by atoms with Gasteiger partial charge in [-0.05, 0) is 37.0 Å². The molecule has 0 saturated carbocycles. The van der Waals surface area contributed by atoms with Gasteiger partial charge in [-0.15, -0.1) is 10.2 Å². The summed E-state index contributed by atoms with van der Waals surface area (Å²) in [6.07, 6.45) is 0. The molecule has 0 spiro atoms. The third kappa shape index (κ3) is 5.61. The highest BCUT2D eigenvalue weighted by Gasteiger charge is 2.17. The molecule has 1 heterocycles. The Bertz CT molecular complexity index is 1080. The van der Waals surface area contributed by atoms with E-state index < -0.39 is 0 Å². The van der Waals surface area contributed by atoms with Gasteiger partial charge in [0.25, 0.3) is 0 Å². The van der Waals surface area contributed by atoms with Crippen LogP contribution in [0, 0.1) is 0 Å². The molecule has 3 rings (SSSR count). The fourth-order valence-electron chi connectivity index (χ4n) is 3.16. The summed E-state index contributed by atoms with van der Waals surface area (Å²) in [6.45, 7) is 10.8. The minimum Gasteiger partial charge on any atom is -0.325 e. The summed E-state index contributed by atoms with van der Waals surface area (Å²) < 4.78 is 2.01. The summed E-state index contributed by atoms with van der Waals surface area (Å²) in [5.41, 5.74) is 3.53. The van der Waals surface area contributed by atoms with Crippen molar-refractivity contribution in [3.05, 3.63) is 59.7 Å². The molecule has 1 amide bonds. The van der Waals surface area contributed by atoms with E-state index in [1.54, 1.807) is 24.3 Å². The highest BCUT2D eigenvalue weighted by atomic mass is 32.2. The zero-order valence-electron chi connectivity index (χ0n) is 18.6. The predicted molar refractivity (Wildman–Crippen MR) is 126 cm³/mol. The van der Waals surface area contributed by atoms with E-state index in [0.29, 0.717) is 23.0 Å². The smallest absolute Gasteiger partial charge is 0.234 e. The van der Waals surface area contributed by atoms with Gasteiger partial charge in [0, 0.05) is 23.4 Å². The van der Waals surface area contributed by atoms with Crippen LogP contribution in [0.4, 0.5) is 5.69 Å². The summed E-state index contributed by atoms with van der Waals surface area (Å²) >= 11 is 1.34. The van der Waals surface area contributed by atoms with E-state index in [9.17, 15) is 9.59 Å². The van der Waals surface area contributed by atoms with Crippen molar-refractivity contribution in [3.8, 4) is 11.4 Å². The Morgan fingerprint density at radius 2 is 1.77 bits per heavy atom. The van der Waals surface area contributed by atoms with Crippen LogP contribution in [0.25, 0.3) is 11.4 Å². The number of Topliss-reactive ketones (excluding diaryl/α,β-unsaturated/α-hetero) is 1. The lowest BCUT2D eigenvalue weighted by atomic mass is 9.87. The second-order valence-electron chi connectivity index (χ2n) is 8.35. The fourth-order valence-corrected chi connectivity index (χ4v) is 3.96. The molecule has 2 aromatic carbocycles. The van der Waals surface area contributed by atoms with Gasteiger partial charge in [-0.1, -0.05) is 68.9 Å². The third-order valence-electron chi connectivity index (χ3n) is 4.93. The molecule has 0 aliphatic carbocycles. The van der Waals surface area contributed by atoms with Crippen molar-refractivity contribution < 1.29 is 9.59 Å². The molecule has 0 bridgehead atoms. The molecule has 0 aliphatic heterocycles. The number of ketones is 1. The molecule has 1 N–H and O–H groups in total. The van der Waals surface area contributed by atoms with Crippen molar-refractivity contribution in [1.29, 1.82) is 0 Å². The maximum Gasteiger partial charge on any atom is 0.234 e. The Labute approximate surface area is 187 Å². The van der Waals surface area contributed by atoms with Crippen LogP contribution in [0.15, 0.2) is 53.7 Å². The molecule has 0 unspecified atom stereocenters. The minimum absolute atomic E-state index is 0.0374. The van der Waals surface area contributed by atoms with Crippen molar-refractivity contribution in [3.63, 3.8) is 0 Å². The van der Waals surface area contributed by atoms with Crippen molar-refractivity contribution in [2.24, 2.45) is 0 Å². The molecule has 162 valence electrons. The number of thioether (sulfide) groups is 1. The van der Waals surface area contributed by atoms with Crippen LogP contribution < -0.4 is 5.32 Å². The average Bonchev–Trinajstić information content (AvgIpc) is 3.15. The van der Waals surface area contributed by atoms with Gasteiger partial charge in [-0.2, -0.15) is 0 Å². The summed E-state index contributed by atoms with van der Waals surface area (Å²) in [4.78, 5) is 23.9. The van der Waals surface area contributed by atoms with Crippen LogP contribution in [0.1, 0.15) is 50.5 Å². The first-order valence-corrected chi connectivity index (χ1v) is 11.3. The largest absolute Gasteiger partial charge is 0.325 e. The Balaban J connectivity index is 1.69. The van der Waals surface area contributed by atoms with E-state index in [4.69, 9.17) is 0 Å². The molecular weight excluding hydrogens is 408 g/mol. The van der Waals surface area contributed by atoms with E-state index in [1.165, 1.54) is 24.2 Å². The summed E-state index contributed by atoms with van der Waals surface area (Å²) in [7, 11) is 0. The maximum atomic E-state index is 12.4. The number of carbonyl (C=O) groups excluding carboxylic acids is 2. The molecule has 0 fully saturated rings. The maximum absolute atomic E-state index is 12.4. The first-order valence-electron chi connectivity index (χ1n) is 10.3. The standard InChI is InChI=1S/C24H28N4O2S/c1-6-28-22(17-10-12-19(13-11-17)24(3,4)5)26-27-23(28)31-15-21(30)25-20-9-7-8-18(14-20)16(2)29/h7-14H,6,15H2,1-5H3,(H,25,30). The van der Waals surface area contributed by atoms with E-state index in [1.807, 2.05) is 11.5 Å². The summed E-state index contributed by atoms with van der Waals surface area (Å²) in [5, 5.41) is 12.2. The van der Waals surface area contributed by atoms with Crippen LogP contribution in [-0.2, 0) is 16.8 Å². The van der Waals surface area contributed by atoms with Crippen LogP contribution in [0.5, 0.6) is 0 Å². The van der Waals surface area contributed by atoms with Crippen molar-refractivity contribution in [1.82, 2.24) is 14.8 Å². The van der Waals surface area contributed by atoms with E-state index in [2.05, 4.69) is 60.6 Å². The quantitative estimate of drug-likeness (QED) is 0.407. The van der Waals surface area contributed by atoms with Gasteiger partial charge < -0.3 is 9.88 Å². The van der Waals surface area contributed by atoms with Crippen molar-refractivity contribution in [2.45, 2.75) is 51.7 Å². The van der Waals surface area contributed by atoms with Gasteiger partial charge in [0.1, 0.15) is 0 Å². The van der Waals surface area contributed by atoms with Gasteiger partial charge in [-0.3, -0.25) is 9.59 Å². The van der Waals surface area contributed by atoms with Crippen molar-refractivity contribution in [2.75, 3.05) is 11.1 Å². The number of hydrogen-bond donors (Lipinski definition) is 1. The number of hydrogen-bond acceptors (Lipinski definition) is 5. The van der Waals surface area contributed by atoms with Crippen LogP contribution in [-0.4, -0.2) is 32.2 Å². The first-order chi connectivity index (χ1) is 14.7. The van der Waals surface area contributed by atoms with Crippen LogP contribution >= 0.6 is 11.8 Å². The van der Waals surface area contributed by atoms with E-state index in [-0.39, 0.29) is 22.9 Å². The monoisotopic (exact) mass is 436 g/mol. The number of anilines is 1. The number of carbonyl (C=O) groups is 2. The number of amides is 1. The lowest BCUT2D eigenvalue weighted by molar-refractivity contribution is -0.113. The SMILES string of the molecule is CCn1c(SCC(=O)Nc2cccc(C(C)=O)c2)nnc1-c1ccc(C(C)(C)C)cc1. The number of nitrogens with zero attached hydrogens (tertiary/aromatic N) is 3. The Morgan fingerprint density at radius 1 is 1.06 bits per heavy atom. The Morgan fingerprint density at radius 3 is 2.39 bits per heavy atom. The van der Waals surface area contributed by atoms with Gasteiger partial charge >= 0.3 is 0 Å². The molecule has 0 radical (unpaired) electrons. The lowest BCUT2D eigenvalue weighted by Gasteiger charge is -2.19. The molecule has 3 aromatic rings. The molecule has 1 aromatic heterocycles. The zero-order chi connectivity index (χ0) is 22.6. The first kappa shape index (κ1) is 22.7. The number of aromatic nitrogens is 3. The second kappa shape index (κ2) is 9.47. The molecule has 0 saturated heterocycles. The van der Waals surface area contributed by atoms with Gasteiger partial charge in [0.2, 0.25) is 5.91 Å². The normalized spacial score (nSPS) is 11.4. The Kier molecular flexibility index (Phi) is 6.95. The molecular formula is C24H28N4O2S. The van der Waals surface area contributed by atoms with Crippen LogP contribution in [0.2, 0.25) is 0 Å². The third-order valence-corrected chi connectivity index (χ3v) is 5.89. The van der Waals surface area contributed by atoms with Gasteiger partial charge in [0.05, 0.1) is 5.75 Å². The summed E-state index contributed by atoms with van der Waals surface area (Å²) in [5.74, 6) is 0.794. The molecule has 6 nitrogen and oxygen atoms in total. The van der Waals surface area contributed by atoms with Gasteiger partial charge in [-0.25, -0.2) is 0 Å². The molecule has 0 atom stereocenters. The van der Waals surface area contributed by atoms with Crippen LogP contribution in [0.3, 0.4) is 0 Å². The fraction of sp³-hybridized carbons (Fsp3) is 0.333. The molecule has 7 heteroatoms. The highest BCUT2D eigenvalue weighted by Crippen LogP contribution is 2.27. The molecule has 31 heavy (non-hydrogen) atoms.